The summed E-state index contributed by atoms with van der Waals surface area (Å²) in [5.41, 5.74) is 0.698. The number of carbonyl (C=O) groups excluding carboxylic acids is 2. The van der Waals surface area contributed by atoms with Crippen LogP contribution < -0.4 is 9.47 Å². The first-order chi connectivity index (χ1) is 10.5. The predicted molar refractivity (Wildman–Crippen MR) is 88.8 cm³/mol. The molecule has 1 heterocycles. The highest BCUT2D eigenvalue weighted by Crippen LogP contribution is 2.37. The van der Waals surface area contributed by atoms with E-state index in [2.05, 4.69) is 21.9 Å². The van der Waals surface area contributed by atoms with Gasteiger partial charge in [0.05, 0.1) is 25.7 Å². The van der Waals surface area contributed by atoms with Crippen LogP contribution >= 0.6 is 27.7 Å². The first-order valence-electron chi connectivity index (χ1n) is 6.12. The third-order valence-corrected chi connectivity index (χ3v) is 4.51. The Bertz CT molecular complexity index is 708. The Morgan fingerprint density at radius 1 is 1.32 bits per heavy atom. The van der Waals surface area contributed by atoms with Crippen molar-refractivity contribution in [2.24, 2.45) is 0 Å². The molecule has 0 radical (unpaired) electrons. The van der Waals surface area contributed by atoms with Crippen molar-refractivity contribution in [1.29, 1.82) is 0 Å². The molecule has 1 fully saturated rings. The summed E-state index contributed by atoms with van der Waals surface area (Å²) in [7, 11) is 3.06. The number of hydrogen-bond acceptors (Lipinski definition) is 5. The van der Waals surface area contributed by atoms with E-state index in [9.17, 15) is 9.59 Å². The van der Waals surface area contributed by atoms with Gasteiger partial charge < -0.3 is 9.47 Å². The van der Waals surface area contributed by atoms with Crippen molar-refractivity contribution < 1.29 is 19.1 Å². The number of hydrogen-bond donors (Lipinski definition) is 0. The highest BCUT2D eigenvalue weighted by Gasteiger charge is 2.34. The lowest BCUT2D eigenvalue weighted by Gasteiger charge is -2.10. The van der Waals surface area contributed by atoms with Crippen molar-refractivity contribution in [3.63, 3.8) is 0 Å². The molecule has 2 amide bonds. The number of benzene rings is 1. The third-order valence-electron chi connectivity index (χ3n) is 2.91. The minimum Gasteiger partial charge on any atom is -0.493 e. The molecule has 114 valence electrons. The lowest BCUT2D eigenvalue weighted by molar-refractivity contribution is -0.122. The second-order valence-corrected chi connectivity index (χ2v) is 6.05. The molecular formula is C15H12BrNO4S. The first kappa shape index (κ1) is 16.5. The van der Waals surface area contributed by atoms with Gasteiger partial charge in [0.2, 0.25) is 0 Å². The van der Waals surface area contributed by atoms with E-state index in [1.165, 1.54) is 14.2 Å². The summed E-state index contributed by atoms with van der Waals surface area (Å²) in [6.07, 6.45) is 6.78. The van der Waals surface area contributed by atoms with Crippen LogP contribution in [0.5, 0.6) is 11.5 Å². The molecule has 0 unspecified atom stereocenters. The summed E-state index contributed by atoms with van der Waals surface area (Å²) in [5, 5.41) is -0.370. The number of amides is 2. The van der Waals surface area contributed by atoms with E-state index < -0.39 is 5.91 Å². The maximum Gasteiger partial charge on any atom is 0.294 e. The minimum absolute atomic E-state index is 0.0326. The topological polar surface area (TPSA) is 55.8 Å². The van der Waals surface area contributed by atoms with Crippen LogP contribution in [0.15, 0.2) is 21.5 Å². The highest BCUT2D eigenvalue weighted by molar-refractivity contribution is 9.10. The molecule has 2 rings (SSSR count). The summed E-state index contributed by atoms with van der Waals surface area (Å²) >= 11 is 4.27. The fourth-order valence-corrected chi connectivity index (χ4v) is 3.12. The summed E-state index contributed by atoms with van der Waals surface area (Å²) in [4.78, 5) is 25.3. The van der Waals surface area contributed by atoms with Crippen molar-refractivity contribution in [3.8, 4) is 23.8 Å². The van der Waals surface area contributed by atoms with E-state index in [-0.39, 0.29) is 11.8 Å². The van der Waals surface area contributed by atoms with Gasteiger partial charge in [0.1, 0.15) is 0 Å². The van der Waals surface area contributed by atoms with Gasteiger partial charge in [0.25, 0.3) is 11.1 Å². The SMILES string of the molecule is C#CCN1C(=O)S/C(=C/c2cc(OC)c(OC)cc2Br)C1=O. The molecule has 22 heavy (non-hydrogen) atoms. The van der Waals surface area contributed by atoms with Gasteiger partial charge in [0.15, 0.2) is 11.5 Å². The molecule has 0 N–H and O–H groups in total. The van der Waals surface area contributed by atoms with Gasteiger partial charge >= 0.3 is 0 Å². The fraction of sp³-hybridized carbons (Fsp3) is 0.200. The van der Waals surface area contributed by atoms with Crippen molar-refractivity contribution in [1.82, 2.24) is 4.90 Å². The maximum absolute atomic E-state index is 12.1. The summed E-state index contributed by atoms with van der Waals surface area (Å²) in [6.45, 7) is -0.0326. The smallest absolute Gasteiger partial charge is 0.294 e. The maximum atomic E-state index is 12.1. The molecule has 0 saturated carbocycles. The van der Waals surface area contributed by atoms with E-state index in [0.717, 1.165) is 16.7 Å². The largest absolute Gasteiger partial charge is 0.493 e. The molecule has 0 atom stereocenters. The van der Waals surface area contributed by atoms with Gasteiger partial charge in [-0.2, -0.15) is 0 Å². The van der Waals surface area contributed by atoms with Crippen LogP contribution in [0.4, 0.5) is 4.79 Å². The molecule has 0 aliphatic carbocycles. The number of halogens is 1. The molecule has 7 heteroatoms. The average Bonchev–Trinajstić information content (AvgIpc) is 2.76. The van der Waals surface area contributed by atoms with Crippen molar-refractivity contribution in [3.05, 3.63) is 27.1 Å². The second kappa shape index (κ2) is 6.90. The average molecular weight is 382 g/mol. The van der Waals surface area contributed by atoms with Gasteiger partial charge in [-0.1, -0.05) is 21.9 Å². The fourth-order valence-electron chi connectivity index (χ4n) is 1.85. The number of nitrogens with zero attached hydrogens (tertiary/aromatic N) is 1. The van der Waals surface area contributed by atoms with Crippen LogP contribution in [0.25, 0.3) is 6.08 Å². The molecule has 1 aliphatic heterocycles. The van der Waals surface area contributed by atoms with Crippen molar-refractivity contribution in [2.75, 3.05) is 20.8 Å². The minimum atomic E-state index is -0.394. The second-order valence-electron chi connectivity index (χ2n) is 4.20. The molecule has 1 aromatic carbocycles. The van der Waals surface area contributed by atoms with E-state index in [1.54, 1.807) is 18.2 Å². The lowest BCUT2D eigenvalue weighted by Crippen LogP contribution is -2.28. The predicted octanol–water partition coefficient (Wildman–Crippen LogP) is 3.14. The molecule has 0 aromatic heterocycles. The van der Waals surface area contributed by atoms with Gasteiger partial charge in [-0.15, -0.1) is 6.42 Å². The Morgan fingerprint density at radius 3 is 2.55 bits per heavy atom. The Balaban J connectivity index is 2.40. The number of methoxy groups -OCH3 is 2. The molecule has 1 saturated heterocycles. The van der Waals surface area contributed by atoms with Crippen LogP contribution in [0.2, 0.25) is 0 Å². The summed E-state index contributed by atoms with van der Waals surface area (Å²) in [5.74, 6) is 2.99. The number of thioether (sulfide) groups is 1. The van der Waals surface area contributed by atoms with Gasteiger partial charge in [-0.05, 0) is 35.5 Å². The van der Waals surface area contributed by atoms with Crippen LogP contribution in [-0.2, 0) is 4.79 Å². The monoisotopic (exact) mass is 381 g/mol. The number of rotatable bonds is 4. The molecular weight excluding hydrogens is 370 g/mol. The Kier molecular flexibility index (Phi) is 5.16. The Hall–Kier alpha value is -1.91. The number of terminal acetylenes is 1. The zero-order chi connectivity index (χ0) is 16.3. The van der Waals surface area contributed by atoms with Gasteiger partial charge in [-0.25, -0.2) is 0 Å². The van der Waals surface area contributed by atoms with Crippen LogP contribution in [-0.4, -0.2) is 36.8 Å². The van der Waals surface area contributed by atoms with E-state index >= 15 is 0 Å². The summed E-state index contributed by atoms with van der Waals surface area (Å²) in [6, 6.07) is 3.45. The van der Waals surface area contributed by atoms with E-state index in [4.69, 9.17) is 15.9 Å². The Labute approximate surface area is 140 Å². The molecule has 0 spiro atoms. The molecule has 1 aromatic rings. The van der Waals surface area contributed by atoms with Crippen LogP contribution in [0.1, 0.15) is 5.56 Å². The van der Waals surface area contributed by atoms with Crippen molar-refractivity contribution in [2.45, 2.75) is 0 Å². The van der Waals surface area contributed by atoms with Crippen molar-refractivity contribution >= 4 is 44.9 Å². The Morgan fingerprint density at radius 2 is 1.95 bits per heavy atom. The van der Waals surface area contributed by atoms with E-state index in [0.29, 0.717) is 26.4 Å². The van der Waals surface area contributed by atoms with E-state index in [1.807, 2.05) is 0 Å². The van der Waals surface area contributed by atoms with Gasteiger partial charge in [0, 0.05) is 4.47 Å². The number of carbonyl (C=O) groups is 2. The third kappa shape index (κ3) is 3.13. The molecule has 1 aliphatic rings. The lowest BCUT2D eigenvalue weighted by atomic mass is 10.2. The summed E-state index contributed by atoms with van der Waals surface area (Å²) < 4.78 is 11.1. The van der Waals surface area contributed by atoms with Crippen LogP contribution in [0, 0.1) is 12.3 Å². The zero-order valence-corrected chi connectivity index (χ0v) is 14.3. The van der Waals surface area contributed by atoms with Gasteiger partial charge in [-0.3, -0.25) is 14.5 Å². The zero-order valence-electron chi connectivity index (χ0n) is 11.9. The quantitative estimate of drug-likeness (QED) is 0.592. The standard InChI is InChI=1S/C15H12BrNO4S/c1-4-5-17-14(18)13(22-15(17)19)7-9-6-11(20-2)12(21-3)8-10(9)16/h1,6-8H,5H2,2-3H3/b13-7+. The van der Waals surface area contributed by atoms with Crippen LogP contribution in [0.3, 0.4) is 0 Å². The molecule has 5 nitrogen and oxygen atoms in total. The first-order valence-corrected chi connectivity index (χ1v) is 7.73. The number of ether oxygens (including phenoxy) is 2. The number of imide groups is 1. The molecule has 0 bridgehead atoms. The normalized spacial score (nSPS) is 16.1. The highest BCUT2D eigenvalue weighted by atomic mass is 79.9.